The number of halogens is 1. The van der Waals surface area contributed by atoms with Gasteiger partial charge in [-0.3, -0.25) is 0 Å². The van der Waals surface area contributed by atoms with Crippen molar-refractivity contribution in [3.05, 3.63) is 66.0 Å². The summed E-state index contributed by atoms with van der Waals surface area (Å²) in [5.74, 6) is -0.450. The van der Waals surface area contributed by atoms with Crippen LogP contribution in [0.2, 0.25) is 0 Å². The molecule has 1 saturated heterocycles. The molecule has 2 aromatic carbocycles. The maximum Gasteiger partial charge on any atom is 0.245 e. The number of ether oxygens (including phenoxy) is 1. The SMILES string of the molecule is C[C@@H]1[C@H](c2ccccc2)OC2(CCCCC2)N1S(=O)(=O)c1ccc(F)cc1. The summed E-state index contributed by atoms with van der Waals surface area (Å²) in [5.41, 5.74) is 0.150. The highest BCUT2D eigenvalue weighted by atomic mass is 32.2. The molecule has 6 heteroatoms. The molecule has 0 radical (unpaired) electrons. The molecule has 0 amide bonds. The maximum atomic E-state index is 13.5. The first kappa shape index (κ1) is 18.6. The van der Waals surface area contributed by atoms with Crippen LogP contribution in [0.1, 0.15) is 50.7 Å². The molecule has 0 aromatic heterocycles. The third-order valence-electron chi connectivity index (χ3n) is 5.69. The molecule has 27 heavy (non-hydrogen) atoms. The molecule has 144 valence electrons. The van der Waals surface area contributed by atoms with Gasteiger partial charge in [-0.15, -0.1) is 0 Å². The molecule has 2 fully saturated rings. The van der Waals surface area contributed by atoms with E-state index < -0.39 is 21.6 Å². The van der Waals surface area contributed by atoms with E-state index in [0.29, 0.717) is 12.8 Å². The zero-order chi connectivity index (χ0) is 19.1. The predicted molar refractivity (Wildman–Crippen MR) is 101 cm³/mol. The number of hydrogen-bond donors (Lipinski definition) is 0. The summed E-state index contributed by atoms with van der Waals surface area (Å²) in [7, 11) is -3.81. The molecule has 0 unspecified atom stereocenters. The zero-order valence-corrected chi connectivity index (χ0v) is 16.2. The second-order valence-electron chi connectivity index (χ2n) is 7.45. The number of sulfonamides is 1. The van der Waals surface area contributed by atoms with Crippen LogP contribution in [0.25, 0.3) is 0 Å². The van der Waals surface area contributed by atoms with Crippen molar-refractivity contribution < 1.29 is 17.5 Å². The fourth-order valence-corrected chi connectivity index (χ4v) is 6.39. The van der Waals surface area contributed by atoms with Crippen molar-refractivity contribution in [3.63, 3.8) is 0 Å². The molecule has 1 aliphatic heterocycles. The summed E-state index contributed by atoms with van der Waals surface area (Å²) in [4.78, 5) is 0.109. The Morgan fingerprint density at radius 2 is 1.63 bits per heavy atom. The molecule has 2 aromatic rings. The standard InChI is InChI=1S/C21H24FNO3S/c1-16-20(17-8-4-2-5-9-17)26-21(14-6-3-7-15-21)23(16)27(24,25)19-12-10-18(22)11-13-19/h2,4-5,8-13,16,20H,3,6-7,14-15H2,1H3/t16-,20-/m1/s1. The minimum Gasteiger partial charge on any atom is -0.350 e. The van der Waals surface area contributed by atoms with Crippen molar-refractivity contribution in [2.24, 2.45) is 0 Å². The summed E-state index contributed by atoms with van der Waals surface area (Å²) in [5, 5.41) is 0. The highest BCUT2D eigenvalue weighted by Gasteiger charge is 2.57. The van der Waals surface area contributed by atoms with Crippen LogP contribution >= 0.6 is 0 Å². The fourth-order valence-electron chi connectivity index (χ4n) is 4.47. The monoisotopic (exact) mass is 389 g/mol. The second kappa shape index (κ2) is 7.00. The van der Waals surface area contributed by atoms with Crippen molar-refractivity contribution in [3.8, 4) is 0 Å². The lowest BCUT2D eigenvalue weighted by Gasteiger charge is -2.40. The van der Waals surface area contributed by atoms with Gasteiger partial charge in [0.25, 0.3) is 0 Å². The van der Waals surface area contributed by atoms with Crippen LogP contribution in [0.3, 0.4) is 0 Å². The van der Waals surface area contributed by atoms with E-state index in [0.717, 1.165) is 24.8 Å². The average molecular weight is 389 g/mol. The Morgan fingerprint density at radius 1 is 1.00 bits per heavy atom. The molecule has 0 N–H and O–H groups in total. The Hall–Kier alpha value is -1.76. The van der Waals surface area contributed by atoms with Gasteiger partial charge in [-0.25, -0.2) is 12.8 Å². The fraction of sp³-hybridized carbons (Fsp3) is 0.429. The van der Waals surface area contributed by atoms with Gasteiger partial charge in [0.05, 0.1) is 10.9 Å². The van der Waals surface area contributed by atoms with E-state index in [9.17, 15) is 12.8 Å². The molecular weight excluding hydrogens is 365 g/mol. The quantitative estimate of drug-likeness (QED) is 0.768. The smallest absolute Gasteiger partial charge is 0.245 e. The lowest BCUT2D eigenvalue weighted by Crippen LogP contribution is -2.51. The number of benzene rings is 2. The van der Waals surface area contributed by atoms with Gasteiger partial charge in [-0.2, -0.15) is 4.31 Å². The molecule has 2 atom stereocenters. The van der Waals surface area contributed by atoms with Crippen LogP contribution in [0.5, 0.6) is 0 Å². The molecule has 4 rings (SSSR count). The highest BCUT2D eigenvalue weighted by molar-refractivity contribution is 7.89. The molecule has 1 aliphatic carbocycles. The molecule has 2 aliphatic rings. The predicted octanol–water partition coefficient (Wildman–Crippen LogP) is 4.64. The van der Waals surface area contributed by atoms with E-state index in [4.69, 9.17) is 4.74 Å². The molecule has 0 bridgehead atoms. The van der Waals surface area contributed by atoms with Crippen molar-refractivity contribution in [2.45, 2.75) is 61.8 Å². The summed E-state index contributed by atoms with van der Waals surface area (Å²) >= 11 is 0. The van der Waals surface area contributed by atoms with E-state index >= 15 is 0 Å². The first-order valence-corrected chi connectivity index (χ1v) is 10.9. The van der Waals surface area contributed by atoms with Crippen LogP contribution in [0.15, 0.2) is 59.5 Å². The molecule has 1 saturated carbocycles. The Morgan fingerprint density at radius 3 is 2.26 bits per heavy atom. The number of hydrogen-bond acceptors (Lipinski definition) is 3. The van der Waals surface area contributed by atoms with Gasteiger partial charge in [0.15, 0.2) is 0 Å². The van der Waals surface area contributed by atoms with Crippen LogP contribution in [0.4, 0.5) is 4.39 Å². The van der Waals surface area contributed by atoms with E-state index in [1.165, 1.54) is 24.3 Å². The van der Waals surface area contributed by atoms with Crippen LogP contribution < -0.4 is 0 Å². The number of rotatable bonds is 3. The summed E-state index contributed by atoms with van der Waals surface area (Å²) < 4.78 is 48.5. The third kappa shape index (κ3) is 3.20. The lowest BCUT2D eigenvalue weighted by atomic mass is 9.92. The lowest BCUT2D eigenvalue weighted by molar-refractivity contribution is -0.103. The van der Waals surface area contributed by atoms with Crippen molar-refractivity contribution in [1.29, 1.82) is 0 Å². The number of nitrogens with zero attached hydrogens (tertiary/aromatic N) is 1. The Kier molecular flexibility index (Phi) is 4.82. The normalized spacial score (nSPS) is 25.7. The van der Waals surface area contributed by atoms with Gasteiger partial charge >= 0.3 is 0 Å². The van der Waals surface area contributed by atoms with Gasteiger partial charge in [0, 0.05) is 0 Å². The van der Waals surface area contributed by atoms with Crippen LogP contribution in [-0.2, 0) is 14.8 Å². The molecule has 1 spiro atoms. The summed E-state index contributed by atoms with van der Waals surface area (Å²) in [6.45, 7) is 1.90. The van der Waals surface area contributed by atoms with Crippen molar-refractivity contribution in [1.82, 2.24) is 4.31 Å². The Balaban J connectivity index is 1.79. The Bertz CT molecular complexity index is 893. The average Bonchev–Trinajstić information content (AvgIpc) is 2.95. The van der Waals surface area contributed by atoms with Crippen LogP contribution in [-0.4, -0.2) is 24.5 Å². The van der Waals surface area contributed by atoms with Crippen LogP contribution in [0, 0.1) is 5.82 Å². The molecule has 1 heterocycles. The minimum absolute atomic E-state index is 0.109. The van der Waals surface area contributed by atoms with E-state index in [1.807, 2.05) is 37.3 Å². The van der Waals surface area contributed by atoms with Gasteiger partial charge in [-0.05, 0) is 62.4 Å². The van der Waals surface area contributed by atoms with Gasteiger partial charge in [0.1, 0.15) is 17.6 Å². The minimum atomic E-state index is -3.81. The van der Waals surface area contributed by atoms with Crippen molar-refractivity contribution in [2.75, 3.05) is 0 Å². The van der Waals surface area contributed by atoms with Gasteiger partial charge in [-0.1, -0.05) is 36.8 Å². The van der Waals surface area contributed by atoms with E-state index in [2.05, 4.69) is 0 Å². The van der Waals surface area contributed by atoms with Crippen molar-refractivity contribution >= 4 is 10.0 Å². The second-order valence-corrected chi connectivity index (χ2v) is 9.27. The molecule has 4 nitrogen and oxygen atoms in total. The maximum absolute atomic E-state index is 13.5. The Labute approximate surface area is 160 Å². The van der Waals surface area contributed by atoms with Gasteiger partial charge < -0.3 is 4.74 Å². The third-order valence-corrected chi connectivity index (χ3v) is 7.74. The first-order chi connectivity index (χ1) is 12.9. The highest BCUT2D eigenvalue weighted by Crippen LogP contribution is 2.50. The molecular formula is C21H24FNO3S. The zero-order valence-electron chi connectivity index (χ0n) is 15.3. The largest absolute Gasteiger partial charge is 0.350 e. The summed E-state index contributed by atoms with van der Waals surface area (Å²) in [6, 6.07) is 14.5. The van der Waals surface area contributed by atoms with E-state index in [1.54, 1.807) is 4.31 Å². The first-order valence-electron chi connectivity index (χ1n) is 9.47. The summed E-state index contributed by atoms with van der Waals surface area (Å²) in [6.07, 6.45) is 4.00. The van der Waals surface area contributed by atoms with Gasteiger partial charge in [0.2, 0.25) is 10.0 Å². The topological polar surface area (TPSA) is 46.6 Å². The van der Waals surface area contributed by atoms with E-state index in [-0.39, 0.29) is 17.0 Å².